The number of aryl methyl sites for hydroxylation is 1. The summed E-state index contributed by atoms with van der Waals surface area (Å²) in [6.07, 6.45) is 1.62. The van der Waals surface area contributed by atoms with Gasteiger partial charge < -0.3 is 15.2 Å². The van der Waals surface area contributed by atoms with E-state index in [1.807, 2.05) is 25.1 Å². The second-order valence-corrected chi connectivity index (χ2v) is 3.47. The van der Waals surface area contributed by atoms with E-state index in [2.05, 4.69) is 9.97 Å². The van der Waals surface area contributed by atoms with Gasteiger partial charge >= 0.3 is 0 Å². The van der Waals surface area contributed by atoms with Gasteiger partial charge in [0, 0.05) is 11.8 Å². The molecular formula is C12H13N3O2. The van der Waals surface area contributed by atoms with Gasteiger partial charge in [-0.25, -0.2) is 4.98 Å². The fourth-order valence-corrected chi connectivity index (χ4v) is 1.35. The molecule has 0 radical (unpaired) electrons. The van der Waals surface area contributed by atoms with Crippen LogP contribution in [0.2, 0.25) is 0 Å². The summed E-state index contributed by atoms with van der Waals surface area (Å²) < 4.78 is 10.8. The number of anilines is 1. The van der Waals surface area contributed by atoms with E-state index in [9.17, 15) is 0 Å². The van der Waals surface area contributed by atoms with E-state index in [0.717, 1.165) is 5.56 Å². The highest BCUT2D eigenvalue weighted by molar-refractivity contribution is 5.43. The summed E-state index contributed by atoms with van der Waals surface area (Å²) in [6, 6.07) is 7.34. The first-order valence-electron chi connectivity index (χ1n) is 5.10. The monoisotopic (exact) mass is 231 g/mol. The molecule has 1 aromatic heterocycles. The predicted molar refractivity (Wildman–Crippen MR) is 64.2 cm³/mol. The van der Waals surface area contributed by atoms with Crippen LogP contribution in [-0.4, -0.2) is 17.1 Å². The zero-order valence-corrected chi connectivity index (χ0v) is 9.68. The van der Waals surface area contributed by atoms with Gasteiger partial charge in [0.05, 0.1) is 7.11 Å². The van der Waals surface area contributed by atoms with Crippen molar-refractivity contribution in [3.05, 3.63) is 36.0 Å². The van der Waals surface area contributed by atoms with Crippen molar-refractivity contribution in [1.82, 2.24) is 9.97 Å². The number of rotatable bonds is 3. The molecule has 5 heteroatoms. The van der Waals surface area contributed by atoms with Crippen molar-refractivity contribution in [1.29, 1.82) is 0 Å². The van der Waals surface area contributed by atoms with E-state index >= 15 is 0 Å². The molecule has 1 aromatic carbocycles. The van der Waals surface area contributed by atoms with Gasteiger partial charge in [0.15, 0.2) is 11.5 Å². The number of ether oxygens (including phenoxy) is 2. The fraction of sp³-hybridized carbons (Fsp3) is 0.167. The molecule has 88 valence electrons. The van der Waals surface area contributed by atoms with Crippen LogP contribution in [0.4, 0.5) is 5.95 Å². The number of nitrogen functional groups attached to an aromatic ring is 1. The van der Waals surface area contributed by atoms with E-state index in [1.54, 1.807) is 19.4 Å². The highest BCUT2D eigenvalue weighted by atomic mass is 16.5. The van der Waals surface area contributed by atoms with E-state index in [-0.39, 0.29) is 5.95 Å². The number of hydrogen-bond donors (Lipinski definition) is 1. The maximum absolute atomic E-state index is 5.66. The van der Waals surface area contributed by atoms with Crippen LogP contribution in [0, 0.1) is 6.92 Å². The third-order valence-corrected chi connectivity index (χ3v) is 2.22. The van der Waals surface area contributed by atoms with Crippen molar-refractivity contribution in [2.75, 3.05) is 12.8 Å². The molecule has 0 aliphatic carbocycles. The van der Waals surface area contributed by atoms with E-state index < -0.39 is 0 Å². The number of aromatic nitrogens is 2. The van der Waals surface area contributed by atoms with Crippen molar-refractivity contribution >= 4 is 5.95 Å². The molecule has 0 aliphatic rings. The number of nitrogens with zero attached hydrogens (tertiary/aromatic N) is 2. The molecule has 2 rings (SSSR count). The average Bonchev–Trinajstić information content (AvgIpc) is 2.34. The lowest BCUT2D eigenvalue weighted by atomic mass is 10.3. The SMILES string of the molecule is COc1ccccc1Oc1nc(N)ncc1C. The number of hydrogen-bond acceptors (Lipinski definition) is 5. The van der Waals surface area contributed by atoms with Gasteiger partial charge in [0.25, 0.3) is 0 Å². The molecule has 0 aliphatic heterocycles. The van der Waals surface area contributed by atoms with Crippen LogP contribution < -0.4 is 15.2 Å². The topological polar surface area (TPSA) is 70.3 Å². The molecule has 2 N–H and O–H groups in total. The molecule has 0 saturated heterocycles. The maximum atomic E-state index is 5.66. The molecular weight excluding hydrogens is 218 g/mol. The Morgan fingerprint density at radius 3 is 2.59 bits per heavy atom. The van der Waals surface area contributed by atoms with Crippen LogP contribution in [-0.2, 0) is 0 Å². The molecule has 0 saturated carbocycles. The summed E-state index contributed by atoms with van der Waals surface area (Å²) >= 11 is 0. The Labute approximate surface area is 99.2 Å². The van der Waals surface area contributed by atoms with Gasteiger partial charge in [-0.1, -0.05) is 12.1 Å². The number of methoxy groups -OCH3 is 1. The zero-order valence-electron chi connectivity index (χ0n) is 9.68. The number of para-hydroxylation sites is 2. The standard InChI is InChI=1S/C12H13N3O2/c1-8-7-14-12(13)15-11(8)17-10-6-4-3-5-9(10)16-2/h3-7H,1-2H3,(H2,13,14,15). The predicted octanol–water partition coefficient (Wildman–Crippen LogP) is 2.17. The second kappa shape index (κ2) is 4.69. The number of nitrogens with two attached hydrogens (primary N) is 1. The van der Waals surface area contributed by atoms with Crippen LogP contribution >= 0.6 is 0 Å². The van der Waals surface area contributed by atoms with Crippen molar-refractivity contribution < 1.29 is 9.47 Å². The highest BCUT2D eigenvalue weighted by Crippen LogP contribution is 2.31. The van der Waals surface area contributed by atoms with Crippen molar-refractivity contribution in [2.24, 2.45) is 0 Å². The van der Waals surface area contributed by atoms with Crippen LogP contribution in [0.15, 0.2) is 30.5 Å². The Bertz CT molecular complexity index is 529. The van der Waals surface area contributed by atoms with E-state index in [0.29, 0.717) is 17.4 Å². The Hall–Kier alpha value is -2.30. The van der Waals surface area contributed by atoms with Crippen LogP contribution in [0.3, 0.4) is 0 Å². The largest absolute Gasteiger partial charge is 0.493 e. The summed E-state index contributed by atoms with van der Waals surface area (Å²) in [7, 11) is 1.59. The minimum atomic E-state index is 0.181. The van der Waals surface area contributed by atoms with Gasteiger partial charge in [0.1, 0.15) is 0 Å². The Kier molecular flexibility index (Phi) is 3.09. The molecule has 0 atom stereocenters. The fourth-order valence-electron chi connectivity index (χ4n) is 1.35. The average molecular weight is 231 g/mol. The first-order chi connectivity index (χ1) is 8.20. The van der Waals surface area contributed by atoms with Crippen LogP contribution in [0.25, 0.3) is 0 Å². The molecule has 0 bridgehead atoms. The van der Waals surface area contributed by atoms with Gasteiger partial charge in [-0.2, -0.15) is 4.98 Å². The quantitative estimate of drug-likeness (QED) is 0.876. The Balaban J connectivity index is 2.34. The highest BCUT2D eigenvalue weighted by Gasteiger charge is 2.08. The summed E-state index contributed by atoms with van der Waals surface area (Å²) in [4.78, 5) is 7.91. The van der Waals surface area contributed by atoms with Crippen molar-refractivity contribution in [2.45, 2.75) is 6.92 Å². The molecule has 0 spiro atoms. The molecule has 0 unspecified atom stereocenters. The third kappa shape index (κ3) is 2.44. The summed E-state index contributed by atoms with van der Waals surface area (Å²) in [6.45, 7) is 1.85. The van der Waals surface area contributed by atoms with Gasteiger partial charge in [0.2, 0.25) is 11.8 Å². The molecule has 1 heterocycles. The zero-order chi connectivity index (χ0) is 12.3. The van der Waals surface area contributed by atoms with Gasteiger partial charge in [-0.05, 0) is 19.1 Å². The Morgan fingerprint density at radius 1 is 1.18 bits per heavy atom. The normalized spacial score (nSPS) is 10.0. The first-order valence-corrected chi connectivity index (χ1v) is 5.10. The van der Waals surface area contributed by atoms with E-state index in [1.165, 1.54) is 0 Å². The summed E-state index contributed by atoms with van der Waals surface area (Å²) in [5.41, 5.74) is 6.33. The molecule has 5 nitrogen and oxygen atoms in total. The van der Waals surface area contributed by atoms with Crippen molar-refractivity contribution in [3.8, 4) is 17.4 Å². The maximum Gasteiger partial charge on any atom is 0.227 e. The van der Waals surface area contributed by atoms with Gasteiger partial charge in [-0.3, -0.25) is 0 Å². The minimum absolute atomic E-state index is 0.181. The first kappa shape index (κ1) is 11.2. The Morgan fingerprint density at radius 2 is 1.88 bits per heavy atom. The second-order valence-electron chi connectivity index (χ2n) is 3.47. The minimum Gasteiger partial charge on any atom is -0.493 e. The van der Waals surface area contributed by atoms with E-state index in [4.69, 9.17) is 15.2 Å². The van der Waals surface area contributed by atoms with Gasteiger partial charge in [-0.15, -0.1) is 0 Å². The molecule has 0 amide bonds. The summed E-state index contributed by atoms with van der Waals surface area (Å²) in [5, 5.41) is 0. The lowest BCUT2D eigenvalue weighted by Crippen LogP contribution is -1.99. The lowest BCUT2D eigenvalue weighted by Gasteiger charge is -2.10. The molecule has 0 fully saturated rings. The smallest absolute Gasteiger partial charge is 0.227 e. The van der Waals surface area contributed by atoms with Crippen LogP contribution in [0.1, 0.15) is 5.56 Å². The van der Waals surface area contributed by atoms with Crippen molar-refractivity contribution in [3.63, 3.8) is 0 Å². The summed E-state index contributed by atoms with van der Waals surface area (Å²) in [5.74, 6) is 1.85. The lowest BCUT2D eigenvalue weighted by molar-refractivity contribution is 0.373. The molecule has 17 heavy (non-hydrogen) atoms. The van der Waals surface area contributed by atoms with Crippen LogP contribution in [0.5, 0.6) is 17.4 Å². The third-order valence-electron chi connectivity index (χ3n) is 2.22. The molecule has 2 aromatic rings. The number of benzene rings is 1.